The smallest absolute Gasteiger partial charge is 0.407 e. The van der Waals surface area contributed by atoms with E-state index in [1.165, 1.54) is 18.4 Å². The minimum atomic E-state index is -0.450. The molecule has 1 atom stereocenters. The first kappa shape index (κ1) is 16.8. The molecule has 1 saturated carbocycles. The van der Waals surface area contributed by atoms with Gasteiger partial charge in [0, 0.05) is 19.1 Å². The Hall–Kier alpha value is -0.590. The fourth-order valence-electron chi connectivity index (χ4n) is 2.10. The molecule has 1 amide bonds. The molecule has 0 bridgehead atoms. The van der Waals surface area contributed by atoms with Crippen LogP contribution in [0.5, 0.6) is 0 Å². The van der Waals surface area contributed by atoms with E-state index in [0.717, 1.165) is 16.9 Å². The van der Waals surface area contributed by atoms with Gasteiger partial charge in [-0.25, -0.2) is 4.79 Å². The van der Waals surface area contributed by atoms with E-state index in [1.54, 1.807) is 11.3 Å². The van der Waals surface area contributed by atoms with E-state index >= 15 is 0 Å². The second-order valence-corrected chi connectivity index (χ2v) is 8.77. The summed E-state index contributed by atoms with van der Waals surface area (Å²) in [6.07, 6.45) is 2.05. The third-order valence-corrected chi connectivity index (χ3v) is 4.76. The Kier molecular flexibility index (Phi) is 5.68. The predicted molar refractivity (Wildman–Crippen MR) is 89.6 cm³/mol. The second kappa shape index (κ2) is 7.11. The molecule has 1 unspecified atom stereocenters. The molecule has 2 rings (SSSR count). The van der Waals surface area contributed by atoms with Crippen LogP contribution in [0.2, 0.25) is 0 Å². The highest BCUT2D eigenvalue weighted by Gasteiger charge is 2.33. The molecule has 1 aliphatic carbocycles. The molecule has 2 N–H and O–H groups in total. The Bertz CT molecular complexity index is 480. The summed E-state index contributed by atoms with van der Waals surface area (Å²) in [6.45, 7) is 7.24. The summed E-state index contributed by atoms with van der Waals surface area (Å²) in [5.41, 5.74) is 0.813. The number of amides is 1. The van der Waals surface area contributed by atoms with E-state index in [4.69, 9.17) is 4.74 Å². The van der Waals surface area contributed by atoms with E-state index < -0.39 is 5.60 Å². The summed E-state index contributed by atoms with van der Waals surface area (Å²) < 4.78 is 6.48. The van der Waals surface area contributed by atoms with Crippen molar-refractivity contribution in [3.8, 4) is 0 Å². The molecular formula is C15H23BrN2O2S. The van der Waals surface area contributed by atoms with Crippen molar-refractivity contribution >= 4 is 33.4 Å². The van der Waals surface area contributed by atoms with Crippen LogP contribution in [0, 0.1) is 5.92 Å². The van der Waals surface area contributed by atoms with Crippen LogP contribution in [-0.4, -0.2) is 24.3 Å². The van der Waals surface area contributed by atoms with E-state index in [9.17, 15) is 4.79 Å². The number of thiophene rings is 1. The maximum absolute atomic E-state index is 11.9. The van der Waals surface area contributed by atoms with Crippen LogP contribution in [0.3, 0.4) is 0 Å². The van der Waals surface area contributed by atoms with Gasteiger partial charge in [0.25, 0.3) is 0 Å². The number of carbonyl (C=O) groups excluding carboxylic acids is 1. The third kappa shape index (κ3) is 6.36. The molecule has 1 fully saturated rings. The Labute approximate surface area is 138 Å². The van der Waals surface area contributed by atoms with Crippen molar-refractivity contribution in [3.05, 3.63) is 20.8 Å². The topological polar surface area (TPSA) is 50.4 Å². The maximum Gasteiger partial charge on any atom is 0.407 e. The third-order valence-electron chi connectivity index (χ3n) is 3.21. The second-order valence-electron chi connectivity index (χ2n) is 6.48. The normalized spacial score (nSPS) is 16.6. The van der Waals surface area contributed by atoms with Crippen molar-refractivity contribution in [2.45, 2.75) is 51.8 Å². The summed E-state index contributed by atoms with van der Waals surface area (Å²) in [5.74, 6) is 0.583. The summed E-state index contributed by atoms with van der Waals surface area (Å²) in [5, 5.41) is 8.55. The highest BCUT2D eigenvalue weighted by atomic mass is 79.9. The van der Waals surface area contributed by atoms with E-state index in [2.05, 4.69) is 38.0 Å². The quantitative estimate of drug-likeness (QED) is 0.793. The molecule has 0 aliphatic heterocycles. The minimum absolute atomic E-state index is 0.155. The molecule has 118 valence electrons. The SMILES string of the molecule is CC(C)(C)OC(=O)NC(CNCc1csc(Br)c1)C1CC1. The van der Waals surface area contributed by atoms with Crippen molar-refractivity contribution < 1.29 is 9.53 Å². The lowest BCUT2D eigenvalue weighted by molar-refractivity contribution is 0.0497. The number of rotatable bonds is 6. The van der Waals surface area contributed by atoms with Gasteiger partial charge in [-0.3, -0.25) is 0 Å². The van der Waals surface area contributed by atoms with Crippen LogP contribution >= 0.6 is 27.3 Å². The number of alkyl carbamates (subject to hydrolysis) is 1. The van der Waals surface area contributed by atoms with Crippen LogP contribution in [0.1, 0.15) is 39.2 Å². The van der Waals surface area contributed by atoms with Crippen molar-refractivity contribution in [1.82, 2.24) is 10.6 Å². The van der Waals surface area contributed by atoms with E-state index in [1.807, 2.05) is 20.8 Å². The average Bonchev–Trinajstić information content (AvgIpc) is 3.10. The lowest BCUT2D eigenvalue weighted by Crippen LogP contribution is -2.45. The monoisotopic (exact) mass is 374 g/mol. The Morgan fingerprint density at radius 1 is 1.52 bits per heavy atom. The summed E-state index contributed by atoms with van der Waals surface area (Å²) in [6, 6.07) is 2.27. The first-order valence-electron chi connectivity index (χ1n) is 7.26. The molecule has 21 heavy (non-hydrogen) atoms. The zero-order valence-electron chi connectivity index (χ0n) is 12.7. The molecule has 6 heteroatoms. The summed E-state index contributed by atoms with van der Waals surface area (Å²) in [7, 11) is 0. The number of carbonyl (C=O) groups is 1. The largest absolute Gasteiger partial charge is 0.444 e. The molecule has 0 aromatic carbocycles. The van der Waals surface area contributed by atoms with Crippen molar-refractivity contribution in [3.63, 3.8) is 0 Å². The van der Waals surface area contributed by atoms with Crippen molar-refractivity contribution in [1.29, 1.82) is 0 Å². The van der Waals surface area contributed by atoms with Gasteiger partial charge in [-0.15, -0.1) is 11.3 Å². The van der Waals surface area contributed by atoms with Gasteiger partial charge in [0.15, 0.2) is 0 Å². The highest BCUT2D eigenvalue weighted by Crippen LogP contribution is 2.32. The van der Waals surface area contributed by atoms with Crippen molar-refractivity contribution in [2.75, 3.05) is 6.54 Å². The summed E-state index contributed by atoms with van der Waals surface area (Å²) >= 11 is 5.15. The lowest BCUT2D eigenvalue weighted by Gasteiger charge is -2.23. The van der Waals surface area contributed by atoms with Gasteiger partial charge >= 0.3 is 6.09 Å². The number of nitrogens with one attached hydrogen (secondary N) is 2. The lowest BCUT2D eigenvalue weighted by atomic mass is 10.2. The first-order valence-corrected chi connectivity index (χ1v) is 8.94. The Balaban J connectivity index is 1.76. The van der Waals surface area contributed by atoms with Crippen LogP contribution < -0.4 is 10.6 Å². The molecular weight excluding hydrogens is 352 g/mol. The van der Waals surface area contributed by atoms with Crippen LogP contribution in [-0.2, 0) is 11.3 Å². The van der Waals surface area contributed by atoms with Gasteiger partial charge in [-0.1, -0.05) is 0 Å². The minimum Gasteiger partial charge on any atom is -0.444 e. The summed E-state index contributed by atoms with van der Waals surface area (Å²) in [4.78, 5) is 11.9. The van der Waals surface area contributed by atoms with E-state index in [-0.39, 0.29) is 12.1 Å². The maximum atomic E-state index is 11.9. The van der Waals surface area contributed by atoms with Crippen LogP contribution in [0.4, 0.5) is 4.79 Å². The number of halogens is 1. The molecule has 0 radical (unpaired) electrons. The van der Waals surface area contributed by atoms with Gasteiger partial charge in [0.2, 0.25) is 0 Å². The first-order chi connectivity index (χ1) is 9.83. The fraction of sp³-hybridized carbons (Fsp3) is 0.667. The zero-order valence-corrected chi connectivity index (χ0v) is 15.1. The standard InChI is InChI=1S/C15H23BrN2O2S/c1-15(2,3)20-14(19)18-12(11-4-5-11)8-17-7-10-6-13(16)21-9-10/h6,9,11-12,17H,4-5,7-8H2,1-3H3,(H,18,19). The van der Waals surface area contributed by atoms with Crippen LogP contribution in [0.15, 0.2) is 15.2 Å². The number of hydrogen-bond donors (Lipinski definition) is 2. The molecule has 0 saturated heterocycles. The predicted octanol–water partition coefficient (Wildman–Crippen LogP) is 3.90. The zero-order chi connectivity index (χ0) is 15.5. The van der Waals surface area contributed by atoms with Crippen LogP contribution in [0.25, 0.3) is 0 Å². The number of ether oxygens (including phenoxy) is 1. The average molecular weight is 375 g/mol. The van der Waals surface area contributed by atoms with Gasteiger partial charge < -0.3 is 15.4 Å². The molecule has 0 spiro atoms. The molecule has 1 aliphatic rings. The molecule has 1 aromatic heterocycles. The Morgan fingerprint density at radius 3 is 2.76 bits per heavy atom. The Morgan fingerprint density at radius 2 is 2.24 bits per heavy atom. The molecule has 1 heterocycles. The van der Waals surface area contributed by atoms with Crippen molar-refractivity contribution in [2.24, 2.45) is 5.92 Å². The number of hydrogen-bond acceptors (Lipinski definition) is 4. The van der Waals surface area contributed by atoms with Gasteiger partial charge in [-0.05, 0) is 72.5 Å². The molecule has 4 nitrogen and oxygen atoms in total. The fourth-order valence-corrected chi connectivity index (χ4v) is 3.31. The van der Waals surface area contributed by atoms with E-state index in [0.29, 0.717) is 5.92 Å². The van der Waals surface area contributed by atoms with Gasteiger partial charge in [0.1, 0.15) is 5.60 Å². The highest BCUT2D eigenvalue weighted by molar-refractivity contribution is 9.11. The van der Waals surface area contributed by atoms with Gasteiger partial charge in [-0.2, -0.15) is 0 Å². The van der Waals surface area contributed by atoms with Gasteiger partial charge in [0.05, 0.1) is 3.79 Å². The molecule has 1 aromatic rings.